The van der Waals surface area contributed by atoms with Crippen molar-refractivity contribution in [3.8, 4) is 0 Å². The van der Waals surface area contributed by atoms with Crippen LogP contribution in [0.25, 0.3) is 0 Å². The number of H-pyrrole nitrogens is 1. The Balaban J connectivity index is 1.72. The zero-order chi connectivity index (χ0) is 16.0. The molecule has 2 heterocycles. The number of amides is 1. The van der Waals surface area contributed by atoms with E-state index in [1.54, 1.807) is 11.0 Å². The van der Waals surface area contributed by atoms with Crippen LogP contribution in [0, 0.1) is 0 Å². The Morgan fingerprint density at radius 2 is 2.00 bits per heavy atom. The minimum absolute atomic E-state index is 0.127. The molecule has 0 radical (unpaired) electrons. The van der Waals surface area contributed by atoms with Gasteiger partial charge in [0.15, 0.2) is 0 Å². The topological polar surface area (TPSA) is 73.4 Å². The smallest absolute Gasteiger partial charge is 0.264 e. The number of pyridine rings is 1. The molecule has 5 nitrogen and oxygen atoms in total. The van der Waals surface area contributed by atoms with Gasteiger partial charge in [0.2, 0.25) is 0 Å². The molecule has 1 aromatic heterocycles. The molecule has 2 aliphatic rings. The van der Waals surface area contributed by atoms with Crippen LogP contribution in [-0.4, -0.2) is 28.6 Å². The van der Waals surface area contributed by atoms with Crippen molar-refractivity contribution in [2.75, 3.05) is 11.5 Å². The highest BCUT2D eigenvalue weighted by atomic mass is 16.3. The summed E-state index contributed by atoms with van der Waals surface area (Å²) in [5.74, 6) is 0.0853. The van der Waals surface area contributed by atoms with Crippen LogP contribution in [0.4, 0.5) is 5.69 Å². The van der Waals surface area contributed by atoms with Crippen molar-refractivity contribution in [1.29, 1.82) is 0 Å². The first-order valence-corrected chi connectivity index (χ1v) is 7.94. The number of hydrogen-bond acceptors (Lipinski definition) is 3. The molecule has 23 heavy (non-hydrogen) atoms. The maximum absolute atomic E-state index is 12.9. The normalized spacial score (nSPS) is 19.7. The summed E-state index contributed by atoms with van der Waals surface area (Å²) < 4.78 is 0. The second kappa shape index (κ2) is 5.35. The Bertz CT molecular complexity index is 823. The molecule has 1 amide bonds. The highest BCUT2D eigenvalue weighted by molar-refractivity contribution is 6.07. The van der Waals surface area contributed by atoms with Gasteiger partial charge in [0.25, 0.3) is 11.5 Å². The van der Waals surface area contributed by atoms with Gasteiger partial charge in [-0.3, -0.25) is 9.59 Å². The monoisotopic (exact) mass is 310 g/mol. The fraction of sp³-hybridized carbons (Fsp3) is 0.333. The highest BCUT2D eigenvalue weighted by Crippen LogP contribution is 2.38. The fourth-order valence-corrected chi connectivity index (χ4v) is 3.30. The first kappa shape index (κ1) is 14.2. The molecule has 0 bridgehead atoms. The van der Waals surface area contributed by atoms with Gasteiger partial charge in [-0.05, 0) is 48.9 Å². The van der Waals surface area contributed by atoms with E-state index in [1.807, 2.05) is 30.3 Å². The Morgan fingerprint density at radius 3 is 2.70 bits per heavy atom. The van der Waals surface area contributed by atoms with E-state index >= 15 is 0 Å². The maximum atomic E-state index is 12.9. The first-order chi connectivity index (χ1) is 11.2. The van der Waals surface area contributed by atoms with Crippen molar-refractivity contribution >= 4 is 11.6 Å². The average Bonchev–Trinajstić information content (AvgIpc) is 3.34. The number of anilines is 1. The molecular formula is C18H18N2O3. The largest absolute Gasteiger partial charge is 0.394 e. The van der Waals surface area contributed by atoms with Crippen LogP contribution in [0.2, 0.25) is 0 Å². The number of carbonyl (C=O) groups excluding carboxylic acids is 1. The van der Waals surface area contributed by atoms with Crippen LogP contribution in [0.15, 0.2) is 41.2 Å². The zero-order valence-electron chi connectivity index (χ0n) is 12.7. The van der Waals surface area contributed by atoms with Crippen molar-refractivity contribution in [3.05, 3.63) is 63.6 Å². The van der Waals surface area contributed by atoms with Crippen LogP contribution in [0.3, 0.4) is 0 Å². The summed E-state index contributed by atoms with van der Waals surface area (Å²) in [5.41, 5.74) is 2.49. The van der Waals surface area contributed by atoms with Gasteiger partial charge in [0.1, 0.15) is 5.56 Å². The Kier molecular flexibility index (Phi) is 3.31. The van der Waals surface area contributed by atoms with Gasteiger partial charge >= 0.3 is 0 Å². The number of rotatable bonds is 3. The SMILES string of the molecule is O=C(c1ccc(C2CC2)[nH]c1=O)N1c2ccccc2CC1CO. The van der Waals surface area contributed by atoms with Gasteiger partial charge in [-0.15, -0.1) is 0 Å². The number of nitrogens with zero attached hydrogens (tertiary/aromatic N) is 1. The summed E-state index contributed by atoms with van der Waals surface area (Å²) in [7, 11) is 0. The Morgan fingerprint density at radius 1 is 1.22 bits per heavy atom. The summed E-state index contributed by atoms with van der Waals surface area (Å²) in [4.78, 5) is 29.6. The van der Waals surface area contributed by atoms with Crippen LogP contribution < -0.4 is 10.5 Å². The van der Waals surface area contributed by atoms with Gasteiger partial charge in [-0.2, -0.15) is 0 Å². The molecule has 2 aromatic rings. The molecule has 0 saturated heterocycles. The van der Waals surface area contributed by atoms with Crippen LogP contribution >= 0.6 is 0 Å². The van der Waals surface area contributed by atoms with Crippen LogP contribution in [-0.2, 0) is 6.42 Å². The molecule has 2 N–H and O–H groups in total. The second-order valence-electron chi connectivity index (χ2n) is 6.28. The molecule has 1 fully saturated rings. The lowest BCUT2D eigenvalue weighted by Gasteiger charge is -2.24. The standard InChI is InChI=1S/C18H18N2O3/c21-10-13-9-12-3-1-2-4-16(12)20(13)18(23)14-7-8-15(11-5-6-11)19-17(14)22/h1-4,7-8,11,13,21H,5-6,9-10H2,(H,19,22). The fourth-order valence-electron chi connectivity index (χ4n) is 3.30. The number of carbonyl (C=O) groups is 1. The summed E-state index contributed by atoms with van der Waals surface area (Å²) in [6, 6.07) is 10.7. The van der Waals surface area contributed by atoms with E-state index in [-0.39, 0.29) is 29.7 Å². The average molecular weight is 310 g/mol. The number of benzene rings is 1. The third-order valence-electron chi connectivity index (χ3n) is 4.68. The minimum Gasteiger partial charge on any atom is -0.394 e. The van der Waals surface area contributed by atoms with Crippen molar-refractivity contribution in [2.45, 2.75) is 31.2 Å². The van der Waals surface area contributed by atoms with E-state index in [0.717, 1.165) is 29.8 Å². The molecule has 1 saturated carbocycles. The third kappa shape index (κ3) is 2.37. The number of aliphatic hydroxyl groups excluding tert-OH is 1. The van der Waals surface area contributed by atoms with Gasteiger partial charge in [0.05, 0.1) is 12.6 Å². The number of aromatic nitrogens is 1. The lowest BCUT2D eigenvalue weighted by atomic mass is 10.1. The lowest BCUT2D eigenvalue weighted by molar-refractivity contribution is 0.0966. The molecule has 4 rings (SSSR count). The van der Waals surface area contributed by atoms with E-state index in [0.29, 0.717) is 12.3 Å². The van der Waals surface area contributed by atoms with Gasteiger partial charge in [-0.25, -0.2) is 0 Å². The van der Waals surface area contributed by atoms with Gasteiger partial charge in [-0.1, -0.05) is 18.2 Å². The maximum Gasteiger partial charge on any atom is 0.264 e. The molecule has 1 aliphatic heterocycles. The Labute approximate surface area is 133 Å². The molecular weight excluding hydrogens is 292 g/mol. The van der Waals surface area contributed by atoms with Crippen LogP contribution in [0.5, 0.6) is 0 Å². The van der Waals surface area contributed by atoms with E-state index in [9.17, 15) is 14.7 Å². The summed E-state index contributed by atoms with van der Waals surface area (Å²) in [6.07, 6.45) is 2.79. The Hall–Kier alpha value is -2.40. The van der Waals surface area contributed by atoms with Crippen molar-refractivity contribution < 1.29 is 9.90 Å². The van der Waals surface area contributed by atoms with E-state index in [4.69, 9.17) is 0 Å². The van der Waals surface area contributed by atoms with Crippen molar-refractivity contribution in [1.82, 2.24) is 4.98 Å². The number of aromatic amines is 1. The molecule has 1 unspecified atom stereocenters. The van der Waals surface area contributed by atoms with E-state index in [2.05, 4.69) is 4.98 Å². The predicted octanol–water partition coefficient (Wildman–Crippen LogP) is 1.82. The molecule has 0 spiro atoms. The van der Waals surface area contributed by atoms with Gasteiger partial charge in [0, 0.05) is 11.4 Å². The van der Waals surface area contributed by atoms with E-state index < -0.39 is 0 Å². The lowest BCUT2D eigenvalue weighted by Crippen LogP contribution is -2.42. The number of fused-ring (bicyclic) bond motifs is 1. The van der Waals surface area contributed by atoms with Crippen molar-refractivity contribution in [3.63, 3.8) is 0 Å². The van der Waals surface area contributed by atoms with Crippen LogP contribution in [0.1, 0.15) is 40.4 Å². The quantitative estimate of drug-likeness (QED) is 0.908. The first-order valence-electron chi connectivity index (χ1n) is 7.94. The second-order valence-corrected chi connectivity index (χ2v) is 6.28. The molecule has 5 heteroatoms. The number of nitrogens with one attached hydrogen (secondary N) is 1. The van der Waals surface area contributed by atoms with Crippen molar-refractivity contribution in [2.24, 2.45) is 0 Å². The minimum atomic E-state index is -0.349. The molecule has 1 aromatic carbocycles. The summed E-state index contributed by atoms with van der Waals surface area (Å²) >= 11 is 0. The predicted molar refractivity (Wildman–Crippen MR) is 86.9 cm³/mol. The number of hydrogen-bond donors (Lipinski definition) is 2. The molecule has 1 atom stereocenters. The number of para-hydroxylation sites is 1. The third-order valence-corrected chi connectivity index (χ3v) is 4.68. The summed E-state index contributed by atoms with van der Waals surface area (Å²) in [6.45, 7) is -0.127. The van der Waals surface area contributed by atoms with E-state index in [1.165, 1.54) is 0 Å². The zero-order valence-corrected chi connectivity index (χ0v) is 12.7. The molecule has 118 valence electrons. The molecule has 1 aliphatic carbocycles. The van der Waals surface area contributed by atoms with Gasteiger partial charge < -0.3 is 15.0 Å². The summed E-state index contributed by atoms with van der Waals surface area (Å²) in [5, 5.41) is 9.62. The number of aliphatic hydroxyl groups is 1. The highest BCUT2D eigenvalue weighted by Gasteiger charge is 2.35.